The Balaban J connectivity index is 2.38. The van der Waals surface area contributed by atoms with Crippen molar-refractivity contribution in [2.75, 3.05) is 7.11 Å². The first kappa shape index (κ1) is 13.2. The fourth-order valence-corrected chi connectivity index (χ4v) is 1.71. The van der Waals surface area contributed by atoms with E-state index in [9.17, 15) is 13.6 Å². The van der Waals surface area contributed by atoms with Crippen molar-refractivity contribution < 1.29 is 18.3 Å². The van der Waals surface area contributed by atoms with Crippen LogP contribution in [0.3, 0.4) is 0 Å². The molecule has 0 aromatic heterocycles. The van der Waals surface area contributed by atoms with Gasteiger partial charge in [0.2, 0.25) is 0 Å². The number of ether oxygens (including phenoxy) is 1. The quantitative estimate of drug-likeness (QED) is 0.791. The Morgan fingerprint density at radius 1 is 1.00 bits per heavy atom. The van der Waals surface area contributed by atoms with E-state index >= 15 is 0 Å². The second-order valence-corrected chi connectivity index (χ2v) is 4.14. The molecule has 2 aromatic rings. The summed E-state index contributed by atoms with van der Waals surface area (Å²) < 4.78 is 31.7. The molecule has 0 bridgehead atoms. The zero-order valence-electron chi connectivity index (χ0n) is 10.5. The molecule has 2 rings (SSSR count). The number of hydrogen-bond donors (Lipinski definition) is 0. The van der Waals surface area contributed by atoms with Gasteiger partial charge in [-0.3, -0.25) is 4.79 Å². The molecule has 0 saturated carbocycles. The Morgan fingerprint density at radius 3 is 2.11 bits per heavy atom. The van der Waals surface area contributed by atoms with Crippen molar-refractivity contribution in [3.05, 3.63) is 64.7 Å². The molecular weight excluding hydrogens is 250 g/mol. The highest BCUT2D eigenvalue weighted by molar-refractivity contribution is 6.09. The molecule has 19 heavy (non-hydrogen) atoms. The predicted octanol–water partition coefficient (Wildman–Crippen LogP) is 3.51. The molecule has 98 valence electrons. The number of benzene rings is 2. The second-order valence-electron chi connectivity index (χ2n) is 4.14. The normalized spacial score (nSPS) is 10.3. The van der Waals surface area contributed by atoms with Gasteiger partial charge in [0, 0.05) is 11.1 Å². The summed E-state index contributed by atoms with van der Waals surface area (Å²) in [4.78, 5) is 12.1. The van der Waals surface area contributed by atoms with Crippen LogP contribution < -0.4 is 4.74 Å². The Morgan fingerprint density at radius 2 is 1.58 bits per heavy atom. The van der Waals surface area contributed by atoms with Gasteiger partial charge in [0.15, 0.2) is 17.3 Å². The first-order chi connectivity index (χ1) is 9.02. The van der Waals surface area contributed by atoms with Gasteiger partial charge in [0.1, 0.15) is 5.82 Å². The van der Waals surface area contributed by atoms with E-state index in [1.807, 2.05) is 0 Å². The zero-order valence-corrected chi connectivity index (χ0v) is 10.5. The van der Waals surface area contributed by atoms with Crippen LogP contribution in [0.15, 0.2) is 36.4 Å². The topological polar surface area (TPSA) is 26.3 Å². The van der Waals surface area contributed by atoms with Crippen molar-refractivity contribution in [1.29, 1.82) is 0 Å². The molecule has 0 heterocycles. The van der Waals surface area contributed by atoms with E-state index in [-0.39, 0.29) is 16.9 Å². The molecule has 0 fully saturated rings. The van der Waals surface area contributed by atoms with Crippen molar-refractivity contribution in [2.24, 2.45) is 0 Å². The van der Waals surface area contributed by atoms with E-state index < -0.39 is 17.4 Å². The van der Waals surface area contributed by atoms with E-state index in [1.54, 1.807) is 6.92 Å². The predicted molar refractivity (Wildman–Crippen MR) is 67.5 cm³/mol. The number of halogens is 2. The smallest absolute Gasteiger partial charge is 0.193 e. The maximum absolute atomic E-state index is 13.5. The maximum Gasteiger partial charge on any atom is 0.193 e. The van der Waals surface area contributed by atoms with Gasteiger partial charge in [0.05, 0.1) is 7.11 Å². The van der Waals surface area contributed by atoms with E-state index in [0.717, 1.165) is 12.1 Å². The summed E-state index contributed by atoms with van der Waals surface area (Å²) in [5.74, 6) is -1.45. The molecule has 0 saturated heterocycles. The number of carbonyl (C=O) groups excluding carboxylic acids is 1. The zero-order chi connectivity index (χ0) is 14.0. The molecular formula is C15H12F2O2. The molecule has 0 radical (unpaired) electrons. The molecule has 0 N–H and O–H groups in total. The number of ketones is 1. The fourth-order valence-electron chi connectivity index (χ4n) is 1.71. The largest absolute Gasteiger partial charge is 0.494 e. The van der Waals surface area contributed by atoms with Crippen molar-refractivity contribution in [3.8, 4) is 5.75 Å². The molecule has 2 aromatic carbocycles. The lowest BCUT2D eigenvalue weighted by atomic mass is 10.0. The minimum atomic E-state index is -0.624. The van der Waals surface area contributed by atoms with Crippen molar-refractivity contribution >= 4 is 5.78 Å². The summed E-state index contributed by atoms with van der Waals surface area (Å²) in [6.07, 6.45) is 0. The summed E-state index contributed by atoms with van der Waals surface area (Å²) in [6.45, 7) is 1.61. The monoisotopic (exact) mass is 262 g/mol. The minimum absolute atomic E-state index is 0.0617. The Bertz CT molecular complexity index is 636. The van der Waals surface area contributed by atoms with Crippen LogP contribution in [0.5, 0.6) is 5.75 Å². The highest BCUT2D eigenvalue weighted by Crippen LogP contribution is 2.20. The number of carbonyl (C=O) groups is 1. The third-order valence-electron chi connectivity index (χ3n) is 2.85. The summed E-state index contributed by atoms with van der Waals surface area (Å²) in [6, 6.07) is 8.08. The average molecular weight is 262 g/mol. The number of aryl methyl sites for hydroxylation is 1. The van der Waals surface area contributed by atoms with Crippen LogP contribution in [0.2, 0.25) is 0 Å². The fraction of sp³-hybridized carbons (Fsp3) is 0.133. The van der Waals surface area contributed by atoms with Crippen molar-refractivity contribution in [2.45, 2.75) is 6.92 Å². The van der Waals surface area contributed by atoms with Gasteiger partial charge in [-0.25, -0.2) is 8.78 Å². The van der Waals surface area contributed by atoms with Crippen LogP contribution in [0.4, 0.5) is 8.78 Å². The first-order valence-corrected chi connectivity index (χ1v) is 5.67. The molecule has 0 aliphatic heterocycles. The Hall–Kier alpha value is -2.23. The highest BCUT2D eigenvalue weighted by atomic mass is 19.1. The van der Waals surface area contributed by atoms with E-state index in [4.69, 9.17) is 4.74 Å². The Kier molecular flexibility index (Phi) is 3.60. The summed E-state index contributed by atoms with van der Waals surface area (Å²) in [5.41, 5.74) is 0.798. The Labute approximate surface area is 109 Å². The lowest BCUT2D eigenvalue weighted by Crippen LogP contribution is -2.03. The van der Waals surface area contributed by atoms with Gasteiger partial charge in [0.25, 0.3) is 0 Å². The van der Waals surface area contributed by atoms with E-state index in [0.29, 0.717) is 5.56 Å². The lowest BCUT2D eigenvalue weighted by Gasteiger charge is -2.05. The first-order valence-electron chi connectivity index (χ1n) is 5.67. The molecule has 0 aliphatic rings. The van der Waals surface area contributed by atoms with Gasteiger partial charge in [-0.05, 0) is 36.8 Å². The average Bonchev–Trinajstić information content (AvgIpc) is 2.41. The highest BCUT2D eigenvalue weighted by Gasteiger charge is 2.13. The van der Waals surface area contributed by atoms with Crippen molar-refractivity contribution in [1.82, 2.24) is 0 Å². The molecule has 0 spiro atoms. The molecule has 0 aliphatic carbocycles. The second kappa shape index (κ2) is 5.18. The van der Waals surface area contributed by atoms with E-state index in [1.165, 1.54) is 31.4 Å². The third kappa shape index (κ3) is 2.62. The van der Waals surface area contributed by atoms with Gasteiger partial charge >= 0.3 is 0 Å². The van der Waals surface area contributed by atoms with Crippen LogP contribution >= 0.6 is 0 Å². The maximum atomic E-state index is 13.5. The van der Waals surface area contributed by atoms with Crippen LogP contribution in [0, 0.1) is 18.6 Å². The summed E-state index contributed by atoms with van der Waals surface area (Å²) >= 11 is 0. The van der Waals surface area contributed by atoms with Gasteiger partial charge in [-0.2, -0.15) is 0 Å². The van der Waals surface area contributed by atoms with Crippen LogP contribution in [0.1, 0.15) is 21.5 Å². The van der Waals surface area contributed by atoms with Gasteiger partial charge in [-0.15, -0.1) is 0 Å². The number of hydrogen-bond acceptors (Lipinski definition) is 2. The lowest BCUT2D eigenvalue weighted by molar-refractivity contribution is 0.103. The number of methoxy groups -OCH3 is 1. The SMILES string of the molecule is COc1ccc(C(=O)c2ccc(C)c(F)c2)cc1F. The minimum Gasteiger partial charge on any atom is -0.494 e. The molecule has 4 heteroatoms. The molecule has 0 amide bonds. The molecule has 0 atom stereocenters. The standard InChI is InChI=1S/C15H12F2O2/c1-9-3-4-10(7-12(9)16)15(18)11-5-6-14(19-2)13(17)8-11/h3-8H,1-2H3. The molecule has 2 nitrogen and oxygen atoms in total. The van der Waals surface area contributed by atoms with Crippen molar-refractivity contribution in [3.63, 3.8) is 0 Å². The third-order valence-corrected chi connectivity index (χ3v) is 2.85. The number of rotatable bonds is 3. The summed E-state index contributed by atoms with van der Waals surface area (Å²) in [7, 11) is 1.34. The van der Waals surface area contributed by atoms with Crippen LogP contribution in [-0.4, -0.2) is 12.9 Å². The van der Waals surface area contributed by atoms with E-state index in [2.05, 4.69) is 0 Å². The summed E-state index contributed by atoms with van der Waals surface area (Å²) in [5, 5.41) is 0. The van der Waals surface area contributed by atoms with Gasteiger partial charge < -0.3 is 4.74 Å². The molecule has 0 unspecified atom stereocenters. The van der Waals surface area contributed by atoms with Crippen LogP contribution in [-0.2, 0) is 0 Å². The van der Waals surface area contributed by atoms with Gasteiger partial charge in [-0.1, -0.05) is 12.1 Å². The van der Waals surface area contributed by atoms with Crippen LogP contribution in [0.25, 0.3) is 0 Å².